The first-order valence-electron chi connectivity index (χ1n) is 12.3. The van der Waals surface area contributed by atoms with Gasteiger partial charge in [0.1, 0.15) is 5.75 Å². The second kappa shape index (κ2) is 15.3. The third kappa shape index (κ3) is 8.94. The quantitative estimate of drug-likeness (QED) is 0.365. The molecule has 1 aliphatic carbocycles. The molecule has 0 saturated heterocycles. The van der Waals surface area contributed by atoms with Gasteiger partial charge in [0.25, 0.3) is 5.91 Å². The van der Waals surface area contributed by atoms with Crippen LogP contribution < -0.4 is 34.0 Å². The van der Waals surface area contributed by atoms with Gasteiger partial charge in [-0.25, -0.2) is 0 Å². The number of amides is 1. The monoisotopic (exact) mass is 489 g/mol. The summed E-state index contributed by atoms with van der Waals surface area (Å²) < 4.78 is 6.07. The van der Waals surface area contributed by atoms with Crippen LogP contribution in [0.2, 0.25) is 0 Å². The van der Waals surface area contributed by atoms with Crippen molar-refractivity contribution >= 4 is 23.6 Å². The number of carbonyl (C=O) groups is 2. The van der Waals surface area contributed by atoms with Crippen LogP contribution in [0.15, 0.2) is 42.5 Å². The van der Waals surface area contributed by atoms with Gasteiger partial charge in [0, 0.05) is 5.56 Å². The van der Waals surface area contributed by atoms with E-state index >= 15 is 0 Å². The Labute approximate surface area is 226 Å². The van der Waals surface area contributed by atoms with Gasteiger partial charge in [-0.05, 0) is 79.0 Å². The molecule has 0 spiro atoms. The predicted molar refractivity (Wildman–Crippen MR) is 137 cm³/mol. The summed E-state index contributed by atoms with van der Waals surface area (Å²) in [6, 6.07) is 12.3. The van der Waals surface area contributed by atoms with Crippen molar-refractivity contribution in [1.29, 1.82) is 0 Å². The van der Waals surface area contributed by atoms with Crippen LogP contribution in [-0.4, -0.2) is 36.5 Å². The fourth-order valence-corrected chi connectivity index (χ4v) is 5.14. The molecule has 1 saturated carbocycles. The Morgan fingerprint density at radius 1 is 1.11 bits per heavy atom. The predicted octanol–water partition coefficient (Wildman–Crippen LogP) is 2.01. The van der Waals surface area contributed by atoms with Gasteiger partial charge in [-0.15, -0.1) is 0 Å². The summed E-state index contributed by atoms with van der Waals surface area (Å²) in [5.41, 5.74) is 3.13. The van der Waals surface area contributed by atoms with Crippen LogP contribution in [0.1, 0.15) is 67.3 Å². The van der Waals surface area contributed by atoms with Gasteiger partial charge in [-0.2, -0.15) is 11.8 Å². The van der Waals surface area contributed by atoms with E-state index in [-0.39, 0.29) is 18.9 Å². The number of aryl methyl sites for hydroxylation is 1. The number of ether oxygens (including phenoxy) is 1. The van der Waals surface area contributed by atoms with Crippen molar-refractivity contribution in [2.24, 2.45) is 5.92 Å². The summed E-state index contributed by atoms with van der Waals surface area (Å²) in [7, 11) is 0. The number of aliphatic carboxylic acids is 1. The Balaban J connectivity index is 0.00000432. The Morgan fingerprint density at radius 2 is 1.86 bits per heavy atom. The van der Waals surface area contributed by atoms with Gasteiger partial charge in [-0.1, -0.05) is 56.4 Å². The molecule has 7 heteroatoms. The molecule has 1 amide bonds. The van der Waals surface area contributed by atoms with E-state index in [4.69, 9.17) is 4.74 Å². The number of carbonyl (C=O) groups excluding carboxylic acids is 2. The molecule has 1 fully saturated rings. The van der Waals surface area contributed by atoms with Crippen molar-refractivity contribution < 1.29 is 38.3 Å². The zero-order valence-electron chi connectivity index (χ0n) is 21.3. The fraction of sp³-hybridized carbons (Fsp3) is 0.500. The molecule has 5 nitrogen and oxygen atoms in total. The molecule has 1 atom stereocenters. The van der Waals surface area contributed by atoms with E-state index in [2.05, 4.69) is 5.32 Å². The van der Waals surface area contributed by atoms with Gasteiger partial charge in [0.2, 0.25) is 0 Å². The molecule has 35 heavy (non-hydrogen) atoms. The van der Waals surface area contributed by atoms with Crippen LogP contribution in [0.4, 0.5) is 0 Å². The molecular weight excluding hydrogens is 453 g/mol. The molecule has 3 rings (SSSR count). The molecule has 0 radical (unpaired) electrons. The number of carboxylic acids is 1. The Morgan fingerprint density at radius 3 is 2.54 bits per heavy atom. The van der Waals surface area contributed by atoms with Crippen LogP contribution in [0.5, 0.6) is 5.75 Å². The number of rotatable bonds is 12. The van der Waals surface area contributed by atoms with E-state index in [0.29, 0.717) is 24.3 Å². The Kier molecular flexibility index (Phi) is 12.8. The minimum Gasteiger partial charge on any atom is -0.548 e. The zero-order chi connectivity index (χ0) is 24.3. The summed E-state index contributed by atoms with van der Waals surface area (Å²) in [4.78, 5) is 24.7. The van der Waals surface area contributed by atoms with Crippen molar-refractivity contribution in [1.82, 2.24) is 5.32 Å². The molecule has 184 valence electrons. The Hall–Kier alpha value is -1.87. The van der Waals surface area contributed by atoms with Crippen LogP contribution in [0.25, 0.3) is 11.1 Å². The number of hydrogen-bond acceptors (Lipinski definition) is 5. The molecule has 0 heterocycles. The summed E-state index contributed by atoms with van der Waals surface area (Å²) in [6.07, 6.45) is 11.2. The minimum absolute atomic E-state index is 0. The SMILES string of the molecule is CSCC[C@H](NC(=O)c1ccc(OCCCC2CCCCC2)cc1-c1ccccc1C)C(=O)[O-].[Li+]. The van der Waals surface area contributed by atoms with E-state index in [1.54, 1.807) is 12.1 Å². The molecule has 2 aromatic rings. The number of benzene rings is 2. The van der Waals surface area contributed by atoms with E-state index in [1.165, 1.54) is 50.3 Å². The first-order chi connectivity index (χ1) is 16.5. The second-order valence-electron chi connectivity index (χ2n) is 9.14. The third-order valence-electron chi connectivity index (χ3n) is 6.62. The summed E-state index contributed by atoms with van der Waals surface area (Å²) >= 11 is 1.53. The summed E-state index contributed by atoms with van der Waals surface area (Å²) in [5.74, 6) is 0.484. The maximum absolute atomic E-state index is 13.1. The van der Waals surface area contributed by atoms with E-state index in [9.17, 15) is 14.7 Å². The summed E-state index contributed by atoms with van der Waals surface area (Å²) in [6.45, 7) is 2.65. The Bertz CT molecular complexity index is 962. The molecule has 2 aromatic carbocycles. The molecule has 0 aliphatic heterocycles. The molecular formula is C28H36LiNO4S. The van der Waals surface area contributed by atoms with E-state index in [0.717, 1.165) is 34.8 Å². The van der Waals surface area contributed by atoms with Crippen molar-refractivity contribution in [3.8, 4) is 16.9 Å². The third-order valence-corrected chi connectivity index (χ3v) is 7.27. The van der Waals surface area contributed by atoms with Crippen LogP contribution >= 0.6 is 11.8 Å². The number of hydrogen-bond donors (Lipinski definition) is 1. The van der Waals surface area contributed by atoms with E-state index < -0.39 is 17.9 Å². The number of nitrogens with one attached hydrogen (secondary N) is 1. The maximum Gasteiger partial charge on any atom is 1.00 e. The van der Waals surface area contributed by atoms with Gasteiger partial charge in [0.05, 0.1) is 18.6 Å². The maximum atomic E-state index is 13.1. The molecule has 1 aliphatic rings. The van der Waals surface area contributed by atoms with Gasteiger partial charge in [-0.3, -0.25) is 4.79 Å². The standard InChI is InChI=1S/C28H37NO4S.Li/c1-20-9-6-7-13-23(20)25-19-22(33-17-8-12-21-10-4-3-5-11-21)14-15-24(25)27(30)29-26(28(31)32)16-18-34-2;/h6-7,9,13-15,19,21,26H,3-5,8,10-12,16-18H2,1-2H3,(H,29,30)(H,31,32);/q;+1/p-1/t26-;/m0./s1. The van der Waals surface area contributed by atoms with Crippen molar-refractivity contribution in [3.63, 3.8) is 0 Å². The zero-order valence-corrected chi connectivity index (χ0v) is 22.1. The smallest absolute Gasteiger partial charge is 0.548 e. The molecule has 0 aromatic heterocycles. The van der Waals surface area contributed by atoms with Crippen molar-refractivity contribution in [2.45, 2.75) is 64.3 Å². The van der Waals surface area contributed by atoms with Crippen molar-refractivity contribution in [3.05, 3.63) is 53.6 Å². The van der Waals surface area contributed by atoms with Crippen LogP contribution in [0, 0.1) is 12.8 Å². The van der Waals surface area contributed by atoms with Gasteiger partial charge >= 0.3 is 18.9 Å². The average Bonchev–Trinajstić information content (AvgIpc) is 2.85. The summed E-state index contributed by atoms with van der Waals surface area (Å²) in [5, 5.41) is 14.2. The first-order valence-corrected chi connectivity index (χ1v) is 13.7. The van der Waals surface area contributed by atoms with Gasteiger partial charge in [0.15, 0.2) is 0 Å². The largest absolute Gasteiger partial charge is 1.00 e. The van der Waals surface area contributed by atoms with Gasteiger partial charge < -0.3 is 20.0 Å². The normalized spacial score (nSPS) is 14.6. The minimum atomic E-state index is -1.27. The van der Waals surface area contributed by atoms with Crippen LogP contribution in [-0.2, 0) is 4.79 Å². The molecule has 0 unspecified atom stereocenters. The number of carboxylic acid groups (broad SMARTS) is 1. The van der Waals surface area contributed by atoms with E-state index in [1.807, 2.05) is 43.5 Å². The topological polar surface area (TPSA) is 78.5 Å². The first kappa shape index (κ1) is 29.4. The number of thioether (sulfide) groups is 1. The van der Waals surface area contributed by atoms with Crippen LogP contribution in [0.3, 0.4) is 0 Å². The van der Waals surface area contributed by atoms with Crippen molar-refractivity contribution in [2.75, 3.05) is 18.6 Å². The second-order valence-corrected chi connectivity index (χ2v) is 10.1. The fourth-order valence-electron chi connectivity index (χ4n) is 4.67. The molecule has 1 N–H and O–H groups in total. The molecule has 0 bridgehead atoms. The average molecular weight is 490 g/mol.